The van der Waals surface area contributed by atoms with Crippen molar-refractivity contribution in [2.24, 2.45) is 5.14 Å². The molecule has 0 aliphatic carbocycles. The van der Waals surface area contributed by atoms with Crippen LogP contribution in [0.15, 0.2) is 40.2 Å². The third kappa shape index (κ3) is 4.82. The minimum absolute atomic E-state index is 0.142. The number of rotatable bonds is 5. The predicted octanol–water partition coefficient (Wildman–Crippen LogP) is 1.91. The van der Waals surface area contributed by atoms with Gasteiger partial charge in [-0.1, -0.05) is 12.1 Å². The number of ether oxygens (including phenoxy) is 1. The largest absolute Gasteiger partial charge is 0.485 e. The van der Waals surface area contributed by atoms with Crippen molar-refractivity contribution in [3.05, 3.63) is 40.8 Å². The molecule has 0 fully saturated rings. The number of primary sulfonamides is 1. The van der Waals surface area contributed by atoms with E-state index in [-0.39, 0.29) is 20.9 Å². The molecule has 0 unspecified atom stereocenters. The Kier molecular flexibility index (Phi) is 5.42. The maximum absolute atomic E-state index is 12.6. The van der Waals surface area contributed by atoms with Gasteiger partial charge in [0.05, 0.1) is 17.2 Å². The van der Waals surface area contributed by atoms with Crippen molar-refractivity contribution in [2.45, 2.75) is 37.6 Å². The van der Waals surface area contributed by atoms with Crippen molar-refractivity contribution in [3.8, 4) is 16.9 Å². The summed E-state index contributed by atoms with van der Waals surface area (Å²) in [6.07, 6.45) is -4.03. The maximum Gasteiger partial charge on any atom is 0.408 e. The fourth-order valence-electron chi connectivity index (χ4n) is 2.13. The molecule has 0 radical (unpaired) electrons. The molecule has 11 heteroatoms. The highest BCUT2D eigenvalue weighted by atomic mass is 32.2. The summed E-state index contributed by atoms with van der Waals surface area (Å²) in [6, 6.07) is 5.14. The van der Waals surface area contributed by atoms with Crippen LogP contribution in [0.2, 0.25) is 0 Å². The fourth-order valence-corrected chi connectivity index (χ4v) is 2.65. The molecular weight excluding hydrogens is 375 g/mol. The molecule has 26 heavy (non-hydrogen) atoms. The van der Waals surface area contributed by atoms with E-state index in [0.717, 1.165) is 6.20 Å². The number of benzene rings is 1. The van der Waals surface area contributed by atoms with E-state index in [4.69, 9.17) is 9.88 Å². The molecule has 2 N–H and O–H groups in total. The van der Waals surface area contributed by atoms with E-state index in [1.54, 1.807) is 13.8 Å². The molecule has 0 aliphatic rings. The minimum atomic E-state index is -4.62. The maximum atomic E-state index is 12.6. The van der Waals surface area contributed by atoms with Crippen LogP contribution in [0.5, 0.6) is 5.75 Å². The van der Waals surface area contributed by atoms with Gasteiger partial charge in [0.1, 0.15) is 6.54 Å². The van der Waals surface area contributed by atoms with E-state index in [1.807, 2.05) is 0 Å². The second-order valence-corrected chi connectivity index (χ2v) is 7.26. The van der Waals surface area contributed by atoms with Crippen molar-refractivity contribution in [2.75, 3.05) is 0 Å². The minimum Gasteiger partial charge on any atom is -0.485 e. The van der Waals surface area contributed by atoms with Crippen LogP contribution in [-0.2, 0) is 16.6 Å². The zero-order valence-corrected chi connectivity index (χ0v) is 14.6. The van der Waals surface area contributed by atoms with Crippen molar-refractivity contribution >= 4 is 10.0 Å². The second kappa shape index (κ2) is 7.08. The highest BCUT2D eigenvalue weighted by Gasteiger charge is 2.30. The lowest BCUT2D eigenvalue weighted by atomic mass is 10.1. The molecule has 0 saturated heterocycles. The van der Waals surface area contributed by atoms with Crippen LogP contribution >= 0.6 is 0 Å². The van der Waals surface area contributed by atoms with E-state index in [1.165, 1.54) is 24.3 Å². The van der Waals surface area contributed by atoms with Gasteiger partial charge in [0.15, 0.2) is 5.75 Å². The number of halogens is 3. The highest BCUT2D eigenvalue weighted by molar-refractivity contribution is 7.89. The molecule has 0 amide bonds. The number of sulfonamides is 1. The first-order valence-electron chi connectivity index (χ1n) is 7.35. The molecular formula is C15H16F3N3O4S. The molecule has 142 valence electrons. The molecule has 1 heterocycles. The summed E-state index contributed by atoms with van der Waals surface area (Å²) in [4.78, 5) is 12.2. The van der Waals surface area contributed by atoms with Gasteiger partial charge in [-0.15, -0.1) is 0 Å². The Morgan fingerprint density at radius 3 is 2.27 bits per heavy atom. The van der Waals surface area contributed by atoms with Gasteiger partial charge in [-0.25, -0.2) is 18.2 Å². The topological polar surface area (TPSA) is 104 Å². The van der Waals surface area contributed by atoms with Crippen LogP contribution in [0.3, 0.4) is 0 Å². The molecule has 0 aliphatic heterocycles. The average Bonchev–Trinajstić information content (AvgIpc) is 2.49. The van der Waals surface area contributed by atoms with Gasteiger partial charge in [0.25, 0.3) is 0 Å². The van der Waals surface area contributed by atoms with Crippen LogP contribution in [0.25, 0.3) is 11.1 Å². The summed E-state index contributed by atoms with van der Waals surface area (Å²) in [7, 11) is -3.90. The van der Waals surface area contributed by atoms with E-state index in [0.29, 0.717) is 5.56 Å². The van der Waals surface area contributed by atoms with Crippen molar-refractivity contribution in [1.82, 2.24) is 9.78 Å². The first-order valence-corrected chi connectivity index (χ1v) is 8.90. The summed E-state index contributed by atoms with van der Waals surface area (Å²) in [5.74, 6) is -0.303. The van der Waals surface area contributed by atoms with Crippen molar-refractivity contribution in [1.29, 1.82) is 0 Å². The van der Waals surface area contributed by atoms with Crippen molar-refractivity contribution < 1.29 is 26.3 Å². The Morgan fingerprint density at radius 2 is 1.81 bits per heavy atom. The quantitative estimate of drug-likeness (QED) is 0.838. The Bertz CT molecular complexity index is 952. The number of nitrogens with zero attached hydrogens (tertiary/aromatic N) is 2. The summed E-state index contributed by atoms with van der Waals surface area (Å²) >= 11 is 0. The zero-order valence-electron chi connectivity index (χ0n) is 13.8. The SMILES string of the molecule is CC(C)Oc1c(-c2ccc(S(N)(=O)=O)cc2)cnn(CC(F)(F)F)c1=O. The van der Waals surface area contributed by atoms with E-state index < -0.39 is 34.4 Å². The second-order valence-electron chi connectivity index (χ2n) is 5.70. The number of hydrogen-bond acceptors (Lipinski definition) is 5. The molecule has 0 atom stereocenters. The molecule has 7 nitrogen and oxygen atoms in total. The zero-order chi connectivity index (χ0) is 19.7. The number of alkyl halides is 3. The summed E-state index contributed by atoms with van der Waals surface area (Å²) < 4.78 is 66.0. The Hall–Kier alpha value is -2.40. The normalized spacial score (nSPS) is 12.4. The molecule has 1 aromatic heterocycles. The average molecular weight is 391 g/mol. The third-order valence-electron chi connectivity index (χ3n) is 3.18. The van der Waals surface area contributed by atoms with Crippen LogP contribution in [0.4, 0.5) is 13.2 Å². The van der Waals surface area contributed by atoms with Gasteiger partial charge in [0, 0.05) is 5.56 Å². The standard InChI is InChI=1S/C15H16F3N3O4S/c1-9(2)25-13-12(7-20-21(14(13)22)8-15(16,17)18)10-3-5-11(6-4-10)26(19,23)24/h3-7,9H,8H2,1-2H3,(H2,19,23,24). The van der Waals surface area contributed by atoms with Crippen molar-refractivity contribution in [3.63, 3.8) is 0 Å². The lowest BCUT2D eigenvalue weighted by Crippen LogP contribution is -2.32. The summed E-state index contributed by atoms with van der Waals surface area (Å²) in [5, 5.41) is 8.56. The van der Waals surface area contributed by atoms with Gasteiger partial charge in [0.2, 0.25) is 10.0 Å². The lowest BCUT2D eigenvalue weighted by molar-refractivity contribution is -0.143. The first-order chi connectivity index (χ1) is 11.9. The third-order valence-corrected chi connectivity index (χ3v) is 4.11. The molecule has 2 rings (SSSR count). The Morgan fingerprint density at radius 1 is 1.23 bits per heavy atom. The molecule has 2 aromatic rings. The van der Waals surface area contributed by atoms with E-state index in [2.05, 4.69) is 5.10 Å². The predicted molar refractivity (Wildman–Crippen MR) is 87.1 cm³/mol. The number of hydrogen-bond donors (Lipinski definition) is 1. The van der Waals surface area contributed by atoms with Crippen LogP contribution in [0.1, 0.15) is 13.8 Å². The van der Waals surface area contributed by atoms with Crippen LogP contribution in [0, 0.1) is 0 Å². The van der Waals surface area contributed by atoms with Gasteiger partial charge >= 0.3 is 11.7 Å². The molecule has 0 saturated carbocycles. The van der Waals surface area contributed by atoms with Gasteiger partial charge in [-0.3, -0.25) is 4.79 Å². The lowest BCUT2D eigenvalue weighted by Gasteiger charge is -2.16. The van der Waals surface area contributed by atoms with Gasteiger partial charge in [-0.2, -0.15) is 18.3 Å². The Labute approximate surface area is 147 Å². The fraction of sp³-hybridized carbons (Fsp3) is 0.333. The molecule has 0 bridgehead atoms. The van der Waals surface area contributed by atoms with Gasteiger partial charge in [-0.05, 0) is 31.5 Å². The van der Waals surface area contributed by atoms with Crippen LogP contribution < -0.4 is 15.4 Å². The highest BCUT2D eigenvalue weighted by Crippen LogP contribution is 2.28. The number of aromatic nitrogens is 2. The molecule has 0 spiro atoms. The Balaban J connectivity index is 2.57. The first kappa shape index (κ1) is 19.9. The number of nitrogens with two attached hydrogens (primary N) is 1. The summed E-state index contributed by atoms with van der Waals surface area (Å²) in [5.41, 5.74) is -0.552. The molecule has 1 aromatic carbocycles. The smallest absolute Gasteiger partial charge is 0.408 e. The van der Waals surface area contributed by atoms with E-state index in [9.17, 15) is 26.4 Å². The van der Waals surface area contributed by atoms with E-state index >= 15 is 0 Å². The summed E-state index contributed by atoms with van der Waals surface area (Å²) in [6.45, 7) is 1.68. The monoisotopic (exact) mass is 391 g/mol. The van der Waals surface area contributed by atoms with Crippen LogP contribution in [-0.4, -0.2) is 30.5 Å². The van der Waals surface area contributed by atoms with Gasteiger partial charge < -0.3 is 4.74 Å².